The van der Waals surface area contributed by atoms with Crippen LogP contribution >= 0.6 is 15.9 Å². The molecule has 0 aromatic carbocycles. The molecule has 0 bridgehead atoms. The van der Waals surface area contributed by atoms with E-state index in [0.717, 1.165) is 29.2 Å². The maximum Gasteiger partial charge on any atom is 0.152 e. The first-order valence-corrected chi connectivity index (χ1v) is 6.71. The van der Waals surface area contributed by atoms with Gasteiger partial charge in [0.1, 0.15) is 4.60 Å². The topological polar surface area (TPSA) is 34.1 Å². The highest BCUT2D eigenvalue weighted by Gasteiger charge is 2.31. The van der Waals surface area contributed by atoms with Crippen molar-refractivity contribution in [2.45, 2.75) is 18.9 Å². The molecule has 2 heterocycles. The summed E-state index contributed by atoms with van der Waals surface area (Å²) in [5.74, 6) is 1.58. The number of hydrogen-bond acceptors (Lipinski definition) is 3. The number of allylic oxidation sites excluding steroid dienone is 1. The molecule has 1 saturated heterocycles. The van der Waals surface area contributed by atoms with Gasteiger partial charge < -0.3 is 10.1 Å². The lowest BCUT2D eigenvalue weighted by atomic mass is 10.00. The van der Waals surface area contributed by atoms with Gasteiger partial charge >= 0.3 is 0 Å². The Kier molecular flexibility index (Phi) is 2.92. The highest BCUT2D eigenvalue weighted by molar-refractivity contribution is 9.10. The number of aromatic nitrogens is 1. The Morgan fingerprint density at radius 1 is 1.53 bits per heavy atom. The second kappa shape index (κ2) is 4.42. The molecule has 3 nitrogen and oxygen atoms in total. The summed E-state index contributed by atoms with van der Waals surface area (Å²) in [6, 6.07) is 2.63. The van der Waals surface area contributed by atoms with Crippen LogP contribution in [0.15, 0.2) is 22.9 Å². The van der Waals surface area contributed by atoms with Crippen molar-refractivity contribution in [3.05, 3.63) is 28.5 Å². The van der Waals surface area contributed by atoms with Gasteiger partial charge in [0.25, 0.3) is 0 Å². The van der Waals surface area contributed by atoms with Crippen LogP contribution in [0.25, 0.3) is 5.57 Å². The first kappa shape index (κ1) is 11.2. The largest absolute Gasteiger partial charge is 0.494 e. The van der Waals surface area contributed by atoms with Crippen molar-refractivity contribution in [1.29, 1.82) is 0 Å². The molecule has 90 valence electrons. The van der Waals surface area contributed by atoms with Gasteiger partial charge in [0.15, 0.2) is 5.75 Å². The fraction of sp³-hybridized carbons (Fsp3) is 0.462. The van der Waals surface area contributed by atoms with Gasteiger partial charge in [-0.15, -0.1) is 0 Å². The van der Waals surface area contributed by atoms with Crippen molar-refractivity contribution in [3.63, 3.8) is 0 Å². The van der Waals surface area contributed by atoms with Crippen molar-refractivity contribution >= 4 is 21.5 Å². The normalized spacial score (nSPS) is 26.8. The van der Waals surface area contributed by atoms with Crippen LogP contribution < -0.4 is 10.1 Å². The molecule has 1 fully saturated rings. The molecule has 1 aliphatic heterocycles. The summed E-state index contributed by atoms with van der Waals surface area (Å²) in [4.78, 5) is 4.32. The van der Waals surface area contributed by atoms with E-state index >= 15 is 0 Å². The molecule has 0 saturated carbocycles. The van der Waals surface area contributed by atoms with Crippen molar-refractivity contribution in [2.75, 3.05) is 13.7 Å². The number of nitrogens with zero attached hydrogens (tertiary/aromatic N) is 1. The quantitative estimate of drug-likeness (QED) is 0.852. The van der Waals surface area contributed by atoms with E-state index in [9.17, 15) is 0 Å². The molecule has 0 amide bonds. The highest BCUT2D eigenvalue weighted by Crippen LogP contribution is 2.38. The molecule has 4 heteroatoms. The van der Waals surface area contributed by atoms with E-state index in [1.165, 1.54) is 17.6 Å². The molecular formula is C13H15BrN2O. The molecule has 2 atom stereocenters. The number of methoxy groups -OCH3 is 1. The van der Waals surface area contributed by atoms with Gasteiger partial charge in [0.05, 0.1) is 7.11 Å². The predicted molar refractivity (Wildman–Crippen MR) is 71.0 cm³/mol. The molecule has 2 aliphatic rings. The van der Waals surface area contributed by atoms with Gasteiger partial charge in [-0.1, -0.05) is 6.08 Å². The molecule has 0 unspecified atom stereocenters. The van der Waals surface area contributed by atoms with E-state index in [2.05, 4.69) is 38.4 Å². The van der Waals surface area contributed by atoms with E-state index in [-0.39, 0.29) is 0 Å². The molecule has 0 spiro atoms. The van der Waals surface area contributed by atoms with Gasteiger partial charge in [-0.05, 0) is 58.4 Å². The highest BCUT2D eigenvalue weighted by atomic mass is 79.9. The SMILES string of the molecule is COc1cc(C2=C[C@H]3NCC[C@H]3C2)cnc1Br. The van der Waals surface area contributed by atoms with Gasteiger partial charge in [-0.25, -0.2) is 4.98 Å². The van der Waals surface area contributed by atoms with E-state index in [1.54, 1.807) is 7.11 Å². The van der Waals surface area contributed by atoms with Crippen LogP contribution in [0.1, 0.15) is 18.4 Å². The lowest BCUT2D eigenvalue weighted by Gasteiger charge is -2.08. The minimum absolute atomic E-state index is 0.569. The van der Waals surface area contributed by atoms with Crippen molar-refractivity contribution in [3.8, 4) is 5.75 Å². The van der Waals surface area contributed by atoms with E-state index in [4.69, 9.17) is 4.74 Å². The Labute approximate surface area is 109 Å². The maximum atomic E-state index is 5.29. The molecule has 0 radical (unpaired) electrons. The standard InChI is InChI=1S/C13H15BrN2O/c1-17-12-6-10(7-16-13(12)14)9-4-8-2-3-15-11(8)5-9/h5-8,11,15H,2-4H2,1H3/t8-,11+/m0/s1. The second-order valence-electron chi connectivity index (χ2n) is 4.64. The number of hydrogen-bond donors (Lipinski definition) is 1. The van der Waals surface area contributed by atoms with Crippen molar-refractivity contribution in [1.82, 2.24) is 10.3 Å². The lowest BCUT2D eigenvalue weighted by Crippen LogP contribution is -2.20. The summed E-state index contributed by atoms with van der Waals surface area (Å²) in [5, 5.41) is 3.52. The molecule has 1 N–H and O–H groups in total. The van der Waals surface area contributed by atoms with Crippen molar-refractivity contribution < 1.29 is 4.74 Å². The van der Waals surface area contributed by atoms with Crippen molar-refractivity contribution in [2.24, 2.45) is 5.92 Å². The molecule has 1 aromatic heterocycles. The van der Waals surface area contributed by atoms with Gasteiger partial charge in [0, 0.05) is 12.2 Å². The van der Waals surface area contributed by atoms with E-state index in [0.29, 0.717) is 6.04 Å². The Morgan fingerprint density at radius 3 is 3.18 bits per heavy atom. The third-order valence-corrected chi connectivity index (χ3v) is 4.26. The third-order valence-electron chi connectivity index (χ3n) is 3.66. The van der Waals surface area contributed by atoms with Gasteiger partial charge in [-0.2, -0.15) is 0 Å². The molecular weight excluding hydrogens is 280 g/mol. The maximum absolute atomic E-state index is 5.29. The average molecular weight is 295 g/mol. The van der Waals surface area contributed by atoms with E-state index in [1.807, 2.05) is 6.20 Å². The van der Waals surface area contributed by atoms with Crippen LogP contribution in [0.3, 0.4) is 0 Å². The summed E-state index contributed by atoms with van der Waals surface area (Å²) in [6.45, 7) is 1.15. The fourth-order valence-corrected chi connectivity index (χ4v) is 3.11. The Morgan fingerprint density at radius 2 is 2.41 bits per heavy atom. The summed E-state index contributed by atoms with van der Waals surface area (Å²) < 4.78 is 6.05. The van der Waals surface area contributed by atoms with Crippen LogP contribution in [0.2, 0.25) is 0 Å². The number of fused-ring (bicyclic) bond motifs is 1. The number of halogens is 1. The lowest BCUT2D eigenvalue weighted by molar-refractivity contribution is 0.409. The number of rotatable bonds is 2. The number of ether oxygens (including phenoxy) is 1. The molecule has 1 aliphatic carbocycles. The fourth-order valence-electron chi connectivity index (χ4n) is 2.73. The Balaban J connectivity index is 1.90. The monoisotopic (exact) mass is 294 g/mol. The number of pyridine rings is 1. The predicted octanol–water partition coefficient (Wildman–Crippen LogP) is 2.62. The Hall–Kier alpha value is -0.870. The first-order valence-electron chi connectivity index (χ1n) is 5.92. The zero-order chi connectivity index (χ0) is 11.8. The molecule has 17 heavy (non-hydrogen) atoms. The first-order chi connectivity index (χ1) is 8.28. The van der Waals surface area contributed by atoms with E-state index < -0.39 is 0 Å². The van der Waals surface area contributed by atoms with Gasteiger partial charge in [-0.3, -0.25) is 0 Å². The minimum Gasteiger partial charge on any atom is -0.494 e. The van der Waals surface area contributed by atoms with Gasteiger partial charge in [0.2, 0.25) is 0 Å². The van der Waals surface area contributed by atoms with Crippen LogP contribution in [0.5, 0.6) is 5.75 Å². The van der Waals surface area contributed by atoms with Crippen LogP contribution in [-0.4, -0.2) is 24.7 Å². The van der Waals surface area contributed by atoms with Crippen LogP contribution in [0.4, 0.5) is 0 Å². The smallest absolute Gasteiger partial charge is 0.152 e. The summed E-state index contributed by atoms with van der Waals surface area (Å²) in [5.41, 5.74) is 2.58. The molecule has 3 rings (SSSR count). The number of nitrogens with one attached hydrogen (secondary N) is 1. The zero-order valence-corrected chi connectivity index (χ0v) is 11.3. The second-order valence-corrected chi connectivity index (χ2v) is 5.39. The molecule has 1 aromatic rings. The zero-order valence-electron chi connectivity index (χ0n) is 9.74. The third kappa shape index (κ3) is 2.00. The summed E-state index contributed by atoms with van der Waals surface area (Å²) in [7, 11) is 1.67. The van der Waals surface area contributed by atoms with Crippen LogP contribution in [0, 0.1) is 5.92 Å². The van der Waals surface area contributed by atoms with Crippen LogP contribution in [-0.2, 0) is 0 Å². The average Bonchev–Trinajstić information content (AvgIpc) is 2.90. The Bertz CT molecular complexity index is 472. The summed E-state index contributed by atoms with van der Waals surface area (Å²) in [6.07, 6.45) is 6.71. The summed E-state index contributed by atoms with van der Waals surface area (Å²) >= 11 is 3.38. The minimum atomic E-state index is 0.569.